The summed E-state index contributed by atoms with van der Waals surface area (Å²) in [5, 5.41) is 0. The standard InChI is InChI=1S/C14H34NO3Si.ClH/c1-7-12-15(5,6)13-11-14-19(16-8-2,17-9-3)18-10-4;/h7-14H2,1-6H3;1H/q+1;/p-1. The van der Waals surface area contributed by atoms with Crippen molar-refractivity contribution in [1.82, 2.24) is 0 Å². The molecule has 0 radical (unpaired) electrons. The summed E-state index contributed by atoms with van der Waals surface area (Å²) in [6.45, 7) is 12.6. The first kappa shape index (κ1) is 22.6. The van der Waals surface area contributed by atoms with Gasteiger partial charge in [-0.15, -0.1) is 0 Å². The molecule has 0 saturated heterocycles. The molecule has 0 aliphatic carbocycles. The van der Waals surface area contributed by atoms with Crippen LogP contribution in [0.1, 0.15) is 40.5 Å². The predicted octanol–water partition coefficient (Wildman–Crippen LogP) is -0.0847. The van der Waals surface area contributed by atoms with Gasteiger partial charge in [0.05, 0.1) is 27.2 Å². The zero-order chi connectivity index (χ0) is 14.8. The van der Waals surface area contributed by atoms with Crippen LogP contribution in [0.2, 0.25) is 6.04 Å². The lowest BCUT2D eigenvalue weighted by Crippen LogP contribution is -3.00. The van der Waals surface area contributed by atoms with Gasteiger partial charge < -0.3 is 30.2 Å². The molecule has 0 saturated carbocycles. The monoisotopic (exact) mass is 327 g/mol. The van der Waals surface area contributed by atoms with E-state index in [1.165, 1.54) is 13.0 Å². The van der Waals surface area contributed by atoms with Gasteiger partial charge in [0.25, 0.3) is 0 Å². The average Bonchev–Trinajstić information content (AvgIpc) is 2.29. The lowest BCUT2D eigenvalue weighted by atomic mass is 10.3. The number of quaternary nitrogens is 1. The average molecular weight is 328 g/mol. The third kappa shape index (κ3) is 9.31. The van der Waals surface area contributed by atoms with Crippen LogP contribution in [0.15, 0.2) is 0 Å². The van der Waals surface area contributed by atoms with Crippen LogP contribution < -0.4 is 12.4 Å². The highest BCUT2D eigenvalue weighted by atomic mass is 35.5. The zero-order valence-corrected chi connectivity index (χ0v) is 16.0. The number of hydrogen-bond donors (Lipinski definition) is 0. The van der Waals surface area contributed by atoms with Crippen molar-refractivity contribution in [3.63, 3.8) is 0 Å². The lowest BCUT2D eigenvalue weighted by molar-refractivity contribution is -0.890. The van der Waals surface area contributed by atoms with Crippen LogP contribution in [-0.4, -0.2) is 60.3 Å². The SMILES string of the molecule is CCC[N+](C)(C)CCC[Si](OCC)(OCC)OCC.[Cl-]. The van der Waals surface area contributed by atoms with Gasteiger partial charge in [0.1, 0.15) is 0 Å². The Morgan fingerprint density at radius 3 is 1.60 bits per heavy atom. The minimum atomic E-state index is -2.43. The summed E-state index contributed by atoms with van der Waals surface area (Å²) in [5.41, 5.74) is 0. The van der Waals surface area contributed by atoms with Crippen molar-refractivity contribution in [2.45, 2.75) is 46.6 Å². The van der Waals surface area contributed by atoms with Crippen LogP contribution in [0.4, 0.5) is 0 Å². The second kappa shape index (κ2) is 11.9. The van der Waals surface area contributed by atoms with Gasteiger partial charge in [0, 0.05) is 32.3 Å². The third-order valence-electron chi connectivity index (χ3n) is 3.17. The maximum absolute atomic E-state index is 5.87. The molecule has 0 bridgehead atoms. The molecular formula is C14H34ClNO3Si. The Balaban J connectivity index is 0. The highest BCUT2D eigenvalue weighted by molar-refractivity contribution is 6.60. The molecule has 0 amide bonds. The van der Waals surface area contributed by atoms with Crippen LogP contribution in [0, 0.1) is 0 Å². The van der Waals surface area contributed by atoms with E-state index in [1.54, 1.807) is 0 Å². The Morgan fingerprint density at radius 1 is 0.800 bits per heavy atom. The largest absolute Gasteiger partial charge is 1.00 e. The van der Waals surface area contributed by atoms with Crippen molar-refractivity contribution in [2.24, 2.45) is 0 Å². The fourth-order valence-electron chi connectivity index (χ4n) is 2.44. The van der Waals surface area contributed by atoms with Gasteiger partial charge in [-0.25, -0.2) is 0 Å². The Labute approximate surface area is 133 Å². The first-order valence-corrected chi connectivity index (χ1v) is 9.62. The lowest BCUT2D eigenvalue weighted by Gasteiger charge is -2.32. The van der Waals surface area contributed by atoms with Gasteiger partial charge in [0.2, 0.25) is 0 Å². The molecular weight excluding hydrogens is 294 g/mol. The van der Waals surface area contributed by atoms with Crippen molar-refractivity contribution < 1.29 is 30.2 Å². The fraction of sp³-hybridized carbons (Fsp3) is 1.00. The molecule has 0 aromatic heterocycles. The van der Waals surface area contributed by atoms with E-state index in [0.29, 0.717) is 19.8 Å². The van der Waals surface area contributed by atoms with E-state index in [4.69, 9.17) is 13.3 Å². The molecule has 0 aromatic carbocycles. The summed E-state index contributed by atoms with van der Waals surface area (Å²) in [6, 6.07) is 0.925. The maximum Gasteiger partial charge on any atom is 0.501 e. The molecule has 0 unspecified atom stereocenters. The van der Waals surface area contributed by atoms with E-state index in [2.05, 4.69) is 21.0 Å². The summed E-state index contributed by atoms with van der Waals surface area (Å²) in [7, 11) is 2.14. The molecule has 0 atom stereocenters. The van der Waals surface area contributed by atoms with Crippen LogP contribution in [0.3, 0.4) is 0 Å². The topological polar surface area (TPSA) is 27.7 Å². The zero-order valence-electron chi connectivity index (χ0n) is 14.2. The Bertz CT molecular complexity index is 213. The number of halogens is 1. The van der Waals surface area contributed by atoms with Crippen molar-refractivity contribution in [2.75, 3.05) is 47.0 Å². The minimum Gasteiger partial charge on any atom is -1.00 e. The molecule has 0 spiro atoms. The van der Waals surface area contributed by atoms with Gasteiger partial charge in [-0.05, 0) is 27.2 Å². The molecule has 20 heavy (non-hydrogen) atoms. The molecule has 0 N–H and O–H groups in total. The summed E-state index contributed by atoms with van der Waals surface area (Å²) in [5.74, 6) is 0. The maximum atomic E-state index is 5.87. The molecule has 4 nitrogen and oxygen atoms in total. The van der Waals surface area contributed by atoms with E-state index in [0.717, 1.165) is 23.5 Å². The van der Waals surface area contributed by atoms with Crippen molar-refractivity contribution >= 4 is 8.80 Å². The molecule has 0 aliphatic rings. The Morgan fingerprint density at radius 2 is 1.25 bits per heavy atom. The van der Waals surface area contributed by atoms with Gasteiger partial charge in [-0.2, -0.15) is 0 Å². The quantitative estimate of drug-likeness (QED) is 0.370. The molecule has 0 rings (SSSR count). The van der Waals surface area contributed by atoms with Crippen LogP contribution in [0.5, 0.6) is 0 Å². The van der Waals surface area contributed by atoms with Crippen LogP contribution in [-0.2, 0) is 13.3 Å². The van der Waals surface area contributed by atoms with Crippen molar-refractivity contribution in [3.05, 3.63) is 0 Å². The first-order chi connectivity index (χ1) is 8.95. The van der Waals surface area contributed by atoms with Crippen molar-refractivity contribution in [3.8, 4) is 0 Å². The fourth-order valence-corrected chi connectivity index (χ4v) is 5.04. The molecule has 0 fully saturated rings. The predicted molar refractivity (Wildman–Crippen MR) is 82.2 cm³/mol. The molecule has 124 valence electrons. The molecule has 6 heteroatoms. The second-order valence-corrected chi connectivity index (χ2v) is 8.20. The summed E-state index contributed by atoms with van der Waals surface area (Å²) in [6.07, 6.45) is 2.32. The first-order valence-electron chi connectivity index (χ1n) is 7.69. The molecule has 0 aromatic rings. The summed E-state index contributed by atoms with van der Waals surface area (Å²) >= 11 is 0. The Kier molecular flexibility index (Phi) is 13.5. The van der Waals surface area contributed by atoms with Crippen LogP contribution in [0.25, 0.3) is 0 Å². The number of rotatable bonds is 12. The summed E-state index contributed by atoms with van der Waals surface area (Å²) in [4.78, 5) is 0. The third-order valence-corrected chi connectivity index (χ3v) is 6.32. The Hall–Kier alpha value is 0.347. The molecule has 0 heterocycles. The highest BCUT2D eigenvalue weighted by Gasteiger charge is 2.40. The number of nitrogens with zero attached hydrogens (tertiary/aromatic N) is 1. The van der Waals surface area contributed by atoms with E-state index < -0.39 is 8.80 Å². The van der Waals surface area contributed by atoms with E-state index in [9.17, 15) is 0 Å². The second-order valence-electron chi connectivity index (χ2n) is 5.47. The normalized spacial score (nSPS) is 12.3. The minimum absolute atomic E-state index is 0. The van der Waals surface area contributed by atoms with Crippen LogP contribution >= 0.6 is 0 Å². The van der Waals surface area contributed by atoms with E-state index >= 15 is 0 Å². The molecule has 0 aliphatic heterocycles. The van der Waals surface area contributed by atoms with E-state index in [-0.39, 0.29) is 12.4 Å². The smallest absolute Gasteiger partial charge is 0.501 e. The van der Waals surface area contributed by atoms with Crippen molar-refractivity contribution in [1.29, 1.82) is 0 Å². The van der Waals surface area contributed by atoms with Gasteiger partial charge >= 0.3 is 8.80 Å². The van der Waals surface area contributed by atoms with Gasteiger partial charge in [0.15, 0.2) is 0 Å². The number of hydrogen-bond acceptors (Lipinski definition) is 3. The highest BCUT2D eigenvalue weighted by Crippen LogP contribution is 2.19. The van der Waals surface area contributed by atoms with E-state index in [1.807, 2.05) is 20.8 Å². The van der Waals surface area contributed by atoms with Gasteiger partial charge in [-0.1, -0.05) is 6.92 Å². The van der Waals surface area contributed by atoms with Gasteiger partial charge in [-0.3, -0.25) is 0 Å². The summed E-state index contributed by atoms with van der Waals surface area (Å²) < 4.78 is 18.7.